The number of hydrogen-bond acceptors (Lipinski definition) is 4. The molecule has 0 saturated carbocycles. The summed E-state index contributed by atoms with van der Waals surface area (Å²) in [6, 6.07) is 6.36. The summed E-state index contributed by atoms with van der Waals surface area (Å²) in [4.78, 5) is 13.0. The molecule has 0 spiro atoms. The van der Waals surface area contributed by atoms with Gasteiger partial charge < -0.3 is 10.1 Å². The van der Waals surface area contributed by atoms with Crippen LogP contribution >= 0.6 is 11.8 Å². The largest absolute Gasteiger partial charge is 0.459 e. The van der Waals surface area contributed by atoms with Crippen molar-refractivity contribution in [1.82, 2.24) is 5.32 Å². The van der Waals surface area contributed by atoms with Gasteiger partial charge in [0.2, 0.25) is 0 Å². The van der Waals surface area contributed by atoms with Crippen LogP contribution in [-0.2, 0) is 16.1 Å². The van der Waals surface area contributed by atoms with Crippen LogP contribution in [0, 0.1) is 6.92 Å². The third-order valence-corrected chi connectivity index (χ3v) is 3.81. The number of ether oxygens (including phenoxy) is 1. The molecule has 0 fully saturated rings. The molecule has 0 aliphatic heterocycles. The highest BCUT2D eigenvalue weighted by molar-refractivity contribution is 8.00. The van der Waals surface area contributed by atoms with E-state index in [2.05, 4.69) is 37.4 Å². The van der Waals surface area contributed by atoms with Crippen molar-refractivity contribution in [3.8, 4) is 0 Å². The van der Waals surface area contributed by atoms with Crippen molar-refractivity contribution in [2.75, 3.05) is 12.3 Å². The van der Waals surface area contributed by atoms with E-state index >= 15 is 0 Å². The van der Waals surface area contributed by atoms with Crippen molar-refractivity contribution in [1.29, 1.82) is 0 Å². The molecule has 0 atom stereocenters. The van der Waals surface area contributed by atoms with Crippen LogP contribution in [0.3, 0.4) is 0 Å². The zero-order valence-electron chi connectivity index (χ0n) is 13.8. The lowest BCUT2D eigenvalue weighted by molar-refractivity contribution is -0.151. The molecule has 0 aromatic heterocycles. The topological polar surface area (TPSA) is 38.3 Å². The Morgan fingerprint density at radius 3 is 2.67 bits per heavy atom. The normalized spacial score (nSPS) is 11.5. The predicted octanol–water partition coefficient (Wildman–Crippen LogP) is 3.93. The fraction of sp³-hybridized carbons (Fsp3) is 0.588. The highest BCUT2D eigenvalue weighted by Crippen LogP contribution is 2.24. The third kappa shape index (κ3) is 7.53. The summed E-state index contributed by atoms with van der Waals surface area (Å²) in [5.74, 6) is 0.182. The van der Waals surface area contributed by atoms with E-state index in [-0.39, 0.29) is 5.97 Å². The van der Waals surface area contributed by atoms with Crippen LogP contribution in [0.5, 0.6) is 0 Å². The zero-order chi connectivity index (χ0) is 15.9. The van der Waals surface area contributed by atoms with E-state index < -0.39 is 5.60 Å². The Bertz CT molecular complexity index is 466. The Kier molecular flexibility index (Phi) is 7.26. The van der Waals surface area contributed by atoms with Crippen LogP contribution in [0.1, 0.15) is 45.2 Å². The van der Waals surface area contributed by atoms with Crippen molar-refractivity contribution in [2.24, 2.45) is 0 Å². The smallest absolute Gasteiger partial charge is 0.316 e. The minimum atomic E-state index is -0.420. The van der Waals surface area contributed by atoms with E-state index in [1.807, 2.05) is 20.8 Å². The number of carbonyl (C=O) groups is 1. The van der Waals surface area contributed by atoms with Crippen molar-refractivity contribution in [3.05, 3.63) is 29.3 Å². The van der Waals surface area contributed by atoms with Gasteiger partial charge in [0.1, 0.15) is 5.60 Å². The molecule has 0 bridgehead atoms. The molecule has 1 aromatic carbocycles. The van der Waals surface area contributed by atoms with Crippen molar-refractivity contribution in [3.63, 3.8) is 0 Å². The van der Waals surface area contributed by atoms with Gasteiger partial charge in [0.15, 0.2) is 0 Å². The van der Waals surface area contributed by atoms with E-state index in [1.165, 1.54) is 11.1 Å². The van der Waals surface area contributed by atoms with Crippen LogP contribution < -0.4 is 5.32 Å². The number of benzene rings is 1. The van der Waals surface area contributed by atoms with Crippen LogP contribution in [0.25, 0.3) is 0 Å². The fourth-order valence-electron chi connectivity index (χ4n) is 1.89. The summed E-state index contributed by atoms with van der Waals surface area (Å²) < 4.78 is 5.35. The monoisotopic (exact) mass is 309 g/mol. The number of hydrogen-bond donors (Lipinski definition) is 1. The van der Waals surface area contributed by atoms with Gasteiger partial charge in [-0.25, -0.2) is 0 Å². The highest BCUT2D eigenvalue weighted by atomic mass is 32.2. The Balaban J connectivity index is 2.63. The Morgan fingerprint density at radius 2 is 2.05 bits per heavy atom. The standard InChI is InChI=1S/C17H27NO2S/c1-6-9-18-11-14-10-13(2)7-8-15(14)21-12-16(19)20-17(3,4)5/h7-8,10,18H,6,9,11-12H2,1-5H3. The summed E-state index contributed by atoms with van der Waals surface area (Å²) >= 11 is 1.55. The molecule has 0 aliphatic rings. The molecule has 0 amide bonds. The second-order valence-electron chi connectivity index (χ2n) is 6.16. The quantitative estimate of drug-likeness (QED) is 0.470. The lowest BCUT2D eigenvalue weighted by Gasteiger charge is -2.19. The molecule has 4 heteroatoms. The predicted molar refractivity (Wildman–Crippen MR) is 89.7 cm³/mol. The molecule has 0 heterocycles. The second-order valence-corrected chi connectivity index (χ2v) is 7.18. The van der Waals surface area contributed by atoms with Gasteiger partial charge in [-0.2, -0.15) is 0 Å². The molecular formula is C17H27NO2S. The molecule has 0 radical (unpaired) electrons. The van der Waals surface area contributed by atoms with Gasteiger partial charge in [0, 0.05) is 11.4 Å². The molecule has 0 aliphatic carbocycles. The molecule has 118 valence electrons. The molecule has 0 unspecified atom stereocenters. The number of thioether (sulfide) groups is 1. The summed E-state index contributed by atoms with van der Waals surface area (Å²) in [5, 5.41) is 3.42. The van der Waals surface area contributed by atoms with Gasteiger partial charge in [-0.1, -0.05) is 24.6 Å². The summed E-state index contributed by atoms with van der Waals surface area (Å²) in [5.41, 5.74) is 2.07. The number of rotatable bonds is 7. The van der Waals surface area contributed by atoms with E-state index in [0.29, 0.717) is 5.75 Å². The minimum absolute atomic E-state index is 0.166. The van der Waals surface area contributed by atoms with E-state index in [4.69, 9.17) is 4.74 Å². The number of esters is 1. The first-order valence-electron chi connectivity index (χ1n) is 7.46. The first-order chi connectivity index (χ1) is 9.81. The van der Waals surface area contributed by atoms with Crippen LogP contribution in [-0.4, -0.2) is 23.9 Å². The molecule has 21 heavy (non-hydrogen) atoms. The molecule has 3 nitrogen and oxygen atoms in total. The average molecular weight is 309 g/mol. The van der Waals surface area contributed by atoms with Crippen molar-refractivity contribution < 1.29 is 9.53 Å². The minimum Gasteiger partial charge on any atom is -0.459 e. The molecule has 1 N–H and O–H groups in total. The lowest BCUT2D eigenvalue weighted by atomic mass is 10.1. The van der Waals surface area contributed by atoms with Crippen LogP contribution in [0.4, 0.5) is 0 Å². The summed E-state index contributed by atoms with van der Waals surface area (Å²) in [6.45, 7) is 11.8. The third-order valence-electron chi connectivity index (χ3n) is 2.72. The van der Waals surface area contributed by atoms with Crippen molar-refractivity contribution in [2.45, 2.75) is 58.1 Å². The fourth-order valence-corrected chi connectivity index (χ4v) is 2.71. The Labute approximate surface area is 132 Å². The zero-order valence-corrected chi connectivity index (χ0v) is 14.6. The summed E-state index contributed by atoms with van der Waals surface area (Å²) in [7, 11) is 0. The van der Waals surface area contributed by atoms with E-state index in [9.17, 15) is 4.79 Å². The van der Waals surface area contributed by atoms with Crippen molar-refractivity contribution >= 4 is 17.7 Å². The van der Waals surface area contributed by atoms with Gasteiger partial charge in [0.25, 0.3) is 0 Å². The first-order valence-corrected chi connectivity index (χ1v) is 8.45. The number of carbonyl (C=O) groups excluding carboxylic acids is 1. The maximum atomic E-state index is 11.8. The van der Waals surface area contributed by atoms with Gasteiger partial charge >= 0.3 is 5.97 Å². The Morgan fingerprint density at radius 1 is 1.33 bits per heavy atom. The van der Waals surface area contributed by atoms with Crippen LogP contribution in [0.15, 0.2) is 23.1 Å². The van der Waals surface area contributed by atoms with Gasteiger partial charge in [-0.15, -0.1) is 11.8 Å². The molecular weight excluding hydrogens is 282 g/mol. The number of nitrogens with one attached hydrogen (secondary N) is 1. The van der Waals surface area contributed by atoms with E-state index in [0.717, 1.165) is 24.4 Å². The SMILES string of the molecule is CCCNCc1cc(C)ccc1SCC(=O)OC(C)(C)C. The van der Waals surface area contributed by atoms with Gasteiger partial charge in [-0.05, 0) is 52.3 Å². The van der Waals surface area contributed by atoms with Crippen LogP contribution in [0.2, 0.25) is 0 Å². The Hall–Kier alpha value is -1.00. The summed E-state index contributed by atoms with van der Waals surface area (Å²) in [6.07, 6.45) is 1.12. The molecule has 1 rings (SSSR count). The maximum Gasteiger partial charge on any atom is 0.316 e. The number of aryl methyl sites for hydroxylation is 1. The second kappa shape index (κ2) is 8.44. The van der Waals surface area contributed by atoms with Gasteiger partial charge in [-0.3, -0.25) is 4.79 Å². The van der Waals surface area contributed by atoms with Gasteiger partial charge in [0.05, 0.1) is 5.75 Å². The maximum absolute atomic E-state index is 11.8. The highest BCUT2D eigenvalue weighted by Gasteiger charge is 2.16. The first kappa shape index (κ1) is 18.1. The average Bonchev–Trinajstić information content (AvgIpc) is 2.36. The van der Waals surface area contributed by atoms with E-state index in [1.54, 1.807) is 11.8 Å². The molecule has 0 saturated heterocycles. The molecule has 1 aromatic rings. The lowest BCUT2D eigenvalue weighted by Crippen LogP contribution is -2.25.